The summed E-state index contributed by atoms with van der Waals surface area (Å²) < 4.78 is 2.40. The molecule has 2 nitrogen and oxygen atoms in total. The Labute approximate surface area is 402 Å². The summed E-state index contributed by atoms with van der Waals surface area (Å²) in [5, 5.41) is 2.49. The van der Waals surface area contributed by atoms with Crippen LogP contribution in [-0.4, -0.2) is 4.57 Å². The van der Waals surface area contributed by atoms with E-state index in [0.717, 1.165) is 33.9 Å². The van der Waals surface area contributed by atoms with Gasteiger partial charge in [-0.1, -0.05) is 206 Å². The summed E-state index contributed by atoms with van der Waals surface area (Å²) in [5.41, 5.74) is 23.8. The molecule has 0 aliphatic heterocycles. The molecule has 2 heteroatoms. The molecule has 0 unspecified atom stereocenters. The minimum atomic E-state index is -0.546. The van der Waals surface area contributed by atoms with Gasteiger partial charge in [-0.15, -0.1) is 0 Å². The summed E-state index contributed by atoms with van der Waals surface area (Å²) in [6, 6.07) is 98.7. The smallest absolute Gasteiger partial charge is 0.0746 e. The monoisotopic (exact) mass is 876 g/mol. The third-order valence-corrected chi connectivity index (χ3v) is 14.8. The average molecular weight is 877 g/mol. The van der Waals surface area contributed by atoms with Crippen molar-refractivity contribution in [3.63, 3.8) is 0 Å². The summed E-state index contributed by atoms with van der Waals surface area (Å²) in [4.78, 5) is 2.54. The molecule has 2 aliphatic rings. The molecule has 0 saturated heterocycles. The fraction of sp³-hybridized carbons (Fsp3) is 0.0149. The number of aromatic nitrogens is 1. The molecule has 0 fully saturated rings. The predicted octanol–water partition coefficient (Wildman–Crippen LogP) is 17.6. The van der Waals surface area contributed by atoms with E-state index < -0.39 is 5.41 Å². The third kappa shape index (κ3) is 5.86. The molecule has 0 saturated carbocycles. The lowest BCUT2D eigenvalue weighted by molar-refractivity contribution is 0.793. The molecule has 0 amide bonds. The lowest BCUT2D eigenvalue weighted by atomic mass is 9.70. The highest BCUT2D eigenvalue weighted by atomic mass is 15.1. The Balaban J connectivity index is 1.04. The molecule has 322 valence electrons. The van der Waals surface area contributed by atoms with E-state index in [1.165, 1.54) is 88.6 Å². The Morgan fingerprint density at radius 1 is 0.304 bits per heavy atom. The number of para-hydroxylation sites is 2. The molecule has 1 heterocycles. The molecule has 12 aromatic rings. The van der Waals surface area contributed by atoms with Crippen molar-refractivity contribution in [1.29, 1.82) is 0 Å². The Morgan fingerprint density at radius 3 is 1.41 bits per heavy atom. The maximum atomic E-state index is 2.54. The van der Waals surface area contributed by atoms with E-state index in [1.54, 1.807) is 0 Å². The topological polar surface area (TPSA) is 8.17 Å². The summed E-state index contributed by atoms with van der Waals surface area (Å²) in [6.45, 7) is 0. The van der Waals surface area contributed by atoms with Crippen LogP contribution in [-0.2, 0) is 5.41 Å². The second-order valence-corrected chi connectivity index (χ2v) is 18.4. The molecule has 14 rings (SSSR count). The molecule has 0 radical (unpaired) electrons. The maximum absolute atomic E-state index is 2.54. The van der Waals surface area contributed by atoms with Crippen LogP contribution in [0.15, 0.2) is 267 Å². The van der Waals surface area contributed by atoms with Crippen LogP contribution in [0.25, 0.3) is 83.1 Å². The molecule has 2 aliphatic carbocycles. The summed E-state index contributed by atoms with van der Waals surface area (Å²) in [5.74, 6) is 0. The number of rotatable bonds is 7. The zero-order valence-corrected chi connectivity index (χ0v) is 37.8. The molecule has 0 bridgehead atoms. The highest BCUT2D eigenvalue weighted by Crippen LogP contribution is 2.65. The highest BCUT2D eigenvalue weighted by Gasteiger charge is 2.53. The minimum absolute atomic E-state index is 0.546. The van der Waals surface area contributed by atoms with Gasteiger partial charge in [-0.3, -0.25) is 0 Å². The normalized spacial score (nSPS) is 12.8. The average Bonchev–Trinajstić information content (AvgIpc) is 4.04. The Bertz CT molecular complexity index is 3820. The van der Waals surface area contributed by atoms with Gasteiger partial charge in [-0.25, -0.2) is 0 Å². The van der Waals surface area contributed by atoms with Crippen molar-refractivity contribution in [2.75, 3.05) is 4.90 Å². The Hall–Kier alpha value is -8.98. The van der Waals surface area contributed by atoms with Crippen molar-refractivity contribution in [2.24, 2.45) is 0 Å². The quantitative estimate of drug-likeness (QED) is 0.155. The van der Waals surface area contributed by atoms with Gasteiger partial charge in [0.15, 0.2) is 0 Å². The van der Waals surface area contributed by atoms with Crippen molar-refractivity contribution in [3.05, 3.63) is 289 Å². The zero-order chi connectivity index (χ0) is 45.5. The van der Waals surface area contributed by atoms with Crippen LogP contribution >= 0.6 is 0 Å². The SMILES string of the molecule is c1ccc(-c2cc(-c3ccccc3)cc(N(c3ccc(-c4cccc5c4c4ccccc4n5-c4ccccc4)cc3)c3cccc4c3C3(c5ccccc5-c5ccccc53)c3ccccc3-4)c2)cc1. The van der Waals surface area contributed by atoms with Gasteiger partial charge in [0.1, 0.15) is 0 Å². The second kappa shape index (κ2) is 15.6. The van der Waals surface area contributed by atoms with E-state index in [2.05, 4.69) is 276 Å². The Kier molecular flexibility index (Phi) is 8.84. The van der Waals surface area contributed by atoms with Crippen LogP contribution in [0, 0.1) is 0 Å². The Morgan fingerprint density at radius 2 is 0.783 bits per heavy atom. The van der Waals surface area contributed by atoms with Crippen LogP contribution in [0.2, 0.25) is 0 Å². The molecule has 69 heavy (non-hydrogen) atoms. The van der Waals surface area contributed by atoms with E-state index in [1.807, 2.05) is 0 Å². The minimum Gasteiger partial charge on any atom is -0.310 e. The highest BCUT2D eigenvalue weighted by molar-refractivity contribution is 6.16. The van der Waals surface area contributed by atoms with Gasteiger partial charge < -0.3 is 9.47 Å². The summed E-state index contributed by atoms with van der Waals surface area (Å²) in [6.07, 6.45) is 0. The van der Waals surface area contributed by atoms with Gasteiger partial charge in [0.25, 0.3) is 0 Å². The number of benzene rings is 11. The molecule has 11 aromatic carbocycles. The van der Waals surface area contributed by atoms with Crippen LogP contribution in [0.3, 0.4) is 0 Å². The first-order chi connectivity index (χ1) is 34.3. The number of nitrogens with zero attached hydrogens (tertiary/aromatic N) is 2. The first kappa shape index (κ1) is 39.2. The van der Waals surface area contributed by atoms with E-state index in [0.29, 0.717) is 0 Å². The number of fused-ring (bicyclic) bond motifs is 13. The van der Waals surface area contributed by atoms with Crippen LogP contribution < -0.4 is 4.90 Å². The van der Waals surface area contributed by atoms with Crippen LogP contribution in [0.1, 0.15) is 22.3 Å². The van der Waals surface area contributed by atoms with Gasteiger partial charge in [0, 0.05) is 33.4 Å². The number of hydrogen-bond donors (Lipinski definition) is 0. The van der Waals surface area contributed by atoms with E-state index >= 15 is 0 Å². The molecular formula is C67H44N2. The lowest BCUT2D eigenvalue weighted by Gasteiger charge is -2.36. The van der Waals surface area contributed by atoms with Crippen molar-refractivity contribution < 1.29 is 0 Å². The fourth-order valence-electron chi connectivity index (χ4n) is 12.0. The van der Waals surface area contributed by atoms with E-state index in [4.69, 9.17) is 0 Å². The van der Waals surface area contributed by atoms with Crippen LogP contribution in [0.4, 0.5) is 17.1 Å². The molecule has 0 atom stereocenters. The maximum Gasteiger partial charge on any atom is 0.0746 e. The first-order valence-electron chi connectivity index (χ1n) is 23.9. The standard InChI is InChI=1S/C67H44N2/c1-4-20-45(21-5-1)48-42-49(46-22-6-2-7-23-46)44-52(43-48)68(51-40-38-47(39-41-51)53-30-18-36-63-65(53)58-29-13-17-35-62(58)69(63)50-24-8-3-9-25-50)64-37-19-31-57-56-28-12-16-34-61(56)67(66(57)64)59-32-14-10-26-54(59)55-27-11-15-33-60(55)67/h1-44H. The van der Waals surface area contributed by atoms with Gasteiger partial charge in [0.05, 0.1) is 22.1 Å². The second-order valence-electron chi connectivity index (χ2n) is 18.4. The van der Waals surface area contributed by atoms with Gasteiger partial charge >= 0.3 is 0 Å². The van der Waals surface area contributed by atoms with Crippen molar-refractivity contribution in [1.82, 2.24) is 4.57 Å². The van der Waals surface area contributed by atoms with E-state index in [-0.39, 0.29) is 0 Å². The molecule has 1 aromatic heterocycles. The van der Waals surface area contributed by atoms with Crippen LogP contribution in [0.5, 0.6) is 0 Å². The number of anilines is 3. The largest absolute Gasteiger partial charge is 0.310 e. The first-order valence-corrected chi connectivity index (χ1v) is 23.9. The summed E-state index contributed by atoms with van der Waals surface area (Å²) in [7, 11) is 0. The van der Waals surface area contributed by atoms with Crippen molar-refractivity contribution in [3.8, 4) is 61.3 Å². The van der Waals surface area contributed by atoms with Gasteiger partial charge in [-0.2, -0.15) is 0 Å². The van der Waals surface area contributed by atoms with Crippen molar-refractivity contribution in [2.45, 2.75) is 5.41 Å². The lowest BCUT2D eigenvalue weighted by Crippen LogP contribution is -2.28. The third-order valence-electron chi connectivity index (χ3n) is 14.8. The fourth-order valence-corrected chi connectivity index (χ4v) is 12.0. The zero-order valence-electron chi connectivity index (χ0n) is 37.8. The molecule has 1 spiro atoms. The van der Waals surface area contributed by atoms with Crippen molar-refractivity contribution >= 4 is 38.9 Å². The molecule has 0 N–H and O–H groups in total. The van der Waals surface area contributed by atoms with E-state index in [9.17, 15) is 0 Å². The number of hydrogen-bond acceptors (Lipinski definition) is 1. The molecular weight excluding hydrogens is 833 g/mol. The predicted molar refractivity (Wildman–Crippen MR) is 288 cm³/mol. The van der Waals surface area contributed by atoms with Gasteiger partial charge in [0.2, 0.25) is 0 Å². The summed E-state index contributed by atoms with van der Waals surface area (Å²) >= 11 is 0. The van der Waals surface area contributed by atoms with Gasteiger partial charge in [-0.05, 0) is 133 Å².